The highest BCUT2D eigenvalue weighted by atomic mass is 32.1. The fraction of sp³-hybridized carbons (Fsp3) is 0.333. The molecule has 2 amide bonds. The molecule has 0 N–H and O–H groups in total. The summed E-state index contributed by atoms with van der Waals surface area (Å²) in [4.78, 5) is 29.5. The summed E-state index contributed by atoms with van der Waals surface area (Å²) in [5.74, 6) is 0.715. The van der Waals surface area contributed by atoms with Gasteiger partial charge in [-0.3, -0.25) is 9.59 Å². The minimum atomic E-state index is -0.0201. The van der Waals surface area contributed by atoms with Crippen molar-refractivity contribution in [3.63, 3.8) is 0 Å². The number of amides is 2. The number of hydrogen-bond acceptors (Lipinski definition) is 4. The Morgan fingerprint density at radius 2 is 1.71 bits per heavy atom. The van der Waals surface area contributed by atoms with E-state index in [-0.39, 0.29) is 11.8 Å². The SMILES string of the molecule is COc1cccc(C(=O)N2CCN(C(=O)c3sccc3C)CC2)c1. The first-order valence-electron chi connectivity index (χ1n) is 7.87. The molecule has 0 unspecified atom stereocenters. The minimum Gasteiger partial charge on any atom is -0.497 e. The Kier molecular flexibility index (Phi) is 4.85. The first-order valence-corrected chi connectivity index (χ1v) is 8.75. The van der Waals surface area contributed by atoms with E-state index in [1.807, 2.05) is 35.4 Å². The molecule has 1 saturated heterocycles. The summed E-state index contributed by atoms with van der Waals surface area (Å²) in [5, 5.41) is 1.94. The Labute approximate surface area is 145 Å². The number of piperazine rings is 1. The van der Waals surface area contributed by atoms with E-state index in [1.165, 1.54) is 11.3 Å². The number of carbonyl (C=O) groups excluding carboxylic acids is 2. The summed E-state index contributed by atoms with van der Waals surface area (Å²) >= 11 is 1.47. The first kappa shape index (κ1) is 16.5. The lowest BCUT2D eigenvalue weighted by molar-refractivity contribution is 0.0537. The minimum absolute atomic E-state index is 0.0201. The van der Waals surface area contributed by atoms with Crippen molar-refractivity contribution >= 4 is 23.2 Å². The van der Waals surface area contributed by atoms with E-state index in [0.29, 0.717) is 37.5 Å². The van der Waals surface area contributed by atoms with E-state index < -0.39 is 0 Å². The quantitative estimate of drug-likeness (QED) is 0.860. The summed E-state index contributed by atoms with van der Waals surface area (Å²) in [7, 11) is 1.58. The van der Waals surface area contributed by atoms with Crippen LogP contribution in [0, 0.1) is 6.92 Å². The van der Waals surface area contributed by atoms with Crippen LogP contribution in [0.1, 0.15) is 25.6 Å². The predicted molar refractivity (Wildman–Crippen MR) is 93.9 cm³/mol. The van der Waals surface area contributed by atoms with Crippen molar-refractivity contribution in [1.82, 2.24) is 9.80 Å². The predicted octanol–water partition coefficient (Wildman–Crippen LogP) is 2.66. The van der Waals surface area contributed by atoms with Gasteiger partial charge in [-0.05, 0) is 42.1 Å². The zero-order valence-electron chi connectivity index (χ0n) is 13.8. The number of aryl methyl sites for hydroxylation is 1. The molecule has 0 atom stereocenters. The van der Waals surface area contributed by atoms with Crippen LogP contribution < -0.4 is 4.74 Å². The monoisotopic (exact) mass is 344 g/mol. The average molecular weight is 344 g/mol. The number of rotatable bonds is 3. The van der Waals surface area contributed by atoms with Crippen molar-refractivity contribution in [3.8, 4) is 5.75 Å². The molecule has 0 aliphatic carbocycles. The third-order valence-electron chi connectivity index (χ3n) is 4.23. The van der Waals surface area contributed by atoms with Gasteiger partial charge in [0.15, 0.2) is 0 Å². The normalized spacial score (nSPS) is 14.6. The van der Waals surface area contributed by atoms with Crippen molar-refractivity contribution in [1.29, 1.82) is 0 Å². The number of nitrogens with zero attached hydrogens (tertiary/aromatic N) is 2. The highest BCUT2D eigenvalue weighted by Gasteiger charge is 2.26. The van der Waals surface area contributed by atoms with Crippen molar-refractivity contribution in [3.05, 3.63) is 51.7 Å². The van der Waals surface area contributed by atoms with Gasteiger partial charge in [-0.1, -0.05) is 6.07 Å². The molecular weight excluding hydrogens is 324 g/mol. The van der Waals surface area contributed by atoms with Gasteiger partial charge in [0.25, 0.3) is 11.8 Å². The zero-order chi connectivity index (χ0) is 17.1. The smallest absolute Gasteiger partial charge is 0.264 e. The van der Waals surface area contributed by atoms with Crippen LogP contribution in [0.3, 0.4) is 0 Å². The lowest BCUT2D eigenvalue weighted by Crippen LogP contribution is -2.50. The maximum atomic E-state index is 12.6. The summed E-state index contributed by atoms with van der Waals surface area (Å²) in [6.45, 7) is 4.17. The van der Waals surface area contributed by atoms with Gasteiger partial charge in [-0.15, -0.1) is 11.3 Å². The molecule has 0 bridgehead atoms. The third kappa shape index (κ3) is 3.28. The second kappa shape index (κ2) is 7.05. The number of ether oxygens (including phenoxy) is 1. The van der Waals surface area contributed by atoms with E-state index in [1.54, 1.807) is 24.1 Å². The van der Waals surface area contributed by atoms with Gasteiger partial charge < -0.3 is 14.5 Å². The van der Waals surface area contributed by atoms with Crippen LogP contribution in [0.4, 0.5) is 0 Å². The van der Waals surface area contributed by atoms with Gasteiger partial charge in [0, 0.05) is 31.7 Å². The molecule has 3 rings (SSSR count). The maximum Gasteiger partial charge on any atom is 0.264 e. The molecule has 2 aromatic rings. The first-order chi connectivity index (χ1) is 11.6. The molecule has 0 radical (unpaired) electrons. The van der Waals surface area contributed by atoms with Crippen LogP contribution >= 0.6 is 11.3 Å². The fourth-order valence-corrected chi connectivity index (χ4v) is 3.68. The second-order valence-electron chi connectivity index (χ2n) is 5.75. The Morgan fingerprint density at radius 3 is 2.29 bits per heavy atom. The number of carbonyl (C=O) groups is 2. The van der Waals surface area contributed by atoms with Crippen LogP contribution in [-0.2, 0) is 0 Å². The molecular formula is C18H20N2O3S. The highest BCUT2D eigenvalue weighted by Crippen LogP contribution is 2.20. The van der Waals surface area contributed by atoms with E-state index in [4.69, 9.17) is 4.74 Å². The molecule has 24 heavy (non-hydrogen) atoms. The average Bonchev–Trinajstić information content (AvgIpc) is 3.06. The number of hydrogen-bond donors (Lipinski definition) is 0. The third-order valence-corrected chi connectivity index (χ3v) is 5.23. The Bertz CT molecular complexity index is 748. The van der Waals surface area contributed by atoms with Crippen LogP contribution in [0.25, 0.3) is 0 Å². The zero-order valence-corrected chi connectivity index (χ0v) is 14.6. The number of benzene rings is 1. The lowest BCUT2D eigenvalue weighted by Gasteiger charge is -2.34. The maximum absolute atomic E-state index is 12.6. The van der Waals surface area contributed by atoms with Crippen molar-refractivity contribution in [2.75, 3.05) is 33.3 Å². The molecule has 6 heteroatoms. The number of methoxy groups -OCH3 is 1. The largest absolute Gasteiger partial charge is 0.497 e. The van der Waals surface area contributed by atoms with Crippen LogP contribution in [0.5, 0.6) is 5.75 Å². The van der Waals surface area contributed by atoms with Gasteiger partial charge in [-0.2, -0.15) is 0 Å². The molecule has 1 aromatic carbocycles. The summed E-state index contributed by atoms with van der Waals surface area (Å²) in [5.41, 5.74) is 1.63. The van der Waals surface area contributed by atoms with Crippen LogP contribution in [0.2, 0.25) is 0 Å². The fourth-order valence-electron chi connectivity index (χ4n) is 2.79. The van der Waals surface area contributed by atoms with E-state index >= 15 is 0 Å². The molecule has 2 heterocycles. The molecule has 1 aliphatic heterocycles. The standard InChI is InChI=1S/C18H20N2O3S/c1-13-6-11-24-16(13)18(22)20-9-7-19(8-10-20)17(21)14-4-3-5-15(12-14)23-2/h3-6,11-12H,7-10H2,1-2H3. The Balaban J connectivity index is 1.63. The van der Waals surface area contributed by atoms with E-state index in [2.05, 4.69) is 0 Å². The van der Waals surface area contributed by atoms with Gasteiger partial charge in [0.05, 0.1) is 12.0 Å². The molecule has 1 aromatic heterocycles. The van der Waals surface area contributed by atoms with Gasteiger partial charge in [-0.25, -0.2) is 0 Å². The summed E-state index contributed by atoms with van der Waals surface area (Å²) in [6.07, 6.45) is 0. The highest BCUT2D eigenvalue weighted by molar-refractivity contribution is 7.12. The molecule has 5 nitrogen and oxygen atoms in total. The lowest BCUT2D eigenvalue weighted by atomic mass is 10.1. The van der Waals surface area contributed by atoms with Crippen molar-refractivity contribution in [2.24, 2.45) is 0 Å². The van der Waals surface area contributed by atoms with Gasteiger partial charge in [0.2, 0.25) is 0 Å². The summed E-state index contributed by atoms with van der Waals surface area (Å²) in [6, 6.07) is 9.12. The molecule has 1 aliphatic rings. The van der Waals surface area contributed by atoms with E-state index in [0.717, 1.165) is 10.4 Å². The van der Waals surface area contributed by atoms with Gasteiger partial charge in [0.1, 0.15) is 5.75 Å². The molecule has 0 spiro atoms. The van der Waals surface area contributed by atoms with Crippen LogP contribution in [0.15, 0.2) is 35.7 Å². The Hall–Kier alpha value is -2.34. The number of thiophene rings is 1. The Morgan fingerprint density at radius 1 is 1.04 bits per heavy atom. The molecule has 0 saturated carbocycles. The molecule has 126 valence electrons. The molecule has 1 fully saturated rings. The second-order valence-corrected chi connectivity index (χ2v) is 6.67. The van der Waals surface area contributed by atoms with E-state index in [9.17, 15) is 9.59 Å². The van der Waals surface area contributed by atoms with Crippen molar-refractivity contribution < 1.29 is 14.3 Å². The van der Waals surface area contributed by atoms with Crippen molar-refractivity contribution in [2.45, 2.75) is 6.92 Å². The van der Waals surface area contributed by atoms with Crippen LogP contribution in [-0.4, -0.2) is 54.9 Å². The topological polar surface area (TPSA) is 49.9 Å². The summed E-state index contributed by atoms with van der Waals surface area (Å²) < 4.78 is 5.17. The van der Waals surface area contributed by atoms with Gasteiger partial charge >= 0.3 is 0 Å².